The molecule has 2 aromatic rings. The number of nitrogens with zero attached hydrogens (tertiary/aromatic N) is 1. The van der Waals surface area contributed by atoms with Crippen LogP contribution in [0, 0.1) is 5.92 Å². The Morgan fingerprint density at radius 2 is 1.95 bits per heavy atom. The molecule has 2 unspecified atom stereocenters. The summed E-state index contributed by atoms with van der Waals surface area (Å²) in [5.74, 6) is 0.781. The zero-order valence-corrected chi connectivity index (χ0v) is 12.3. The first-order valence-electron chi connectivity index (χ1n) is 7.87. The predicted molar refractivity (Wildman–Crippen MR) is 84.9 cm³/mol. The van der Waals surface area contributed by atoms with Gasteiger partial charge in [0.05, 0.1) is 5.52 Å². The Hall–Kier alpha value is -1.41. The molecule has 2 heteroatoms. The summed E-state index contributed by atoms with van der Waals surface area (Å²) in [5.41, 5.74) is 2.38. The van der Waals surface area contributed by atoms with Gasteiger partial charge in [0.2, 0.25) is 0 Å². The van der Waals surface area contributed by atoms with Gasteiger partial charge in [-0.2, -0.15) is 0 Å². The smallest absolute Gasteiger partial charge is 0.0705 e. The van der Waals surface area contributed by atoms with Gasteiger partial charge in [-0.15, -0.1) is 0 Å². The highest BCUT2D eigenvalue weighted by Gasteiger charge is 2.19. The largest absolute Gasteiger partial charge is 0.317 e. The zero-order valence-electron chi connectivity index (χ0n) is 12.3. The second-order valence-electron chi connectivity index (χ2n) is 6.07. The molecule has 1 aliphatic rings. The summed E-state index contributed by atoms with van der Waals surface area (Å²) in [6, 6.07) is 13.5. The highest BCUT2D eigenvalue weighted by molar-refractivity contribution is 5.78. The van der Waals surface area contributed by atoms with E-state index in [0.717, 1.165) is 17.9 Å². The Labute approximate surface area is 121 Å². The van der Waals surface area contributed by atoms with E-state index < -0.39 is 0 Å². The van der Waals surface area contributed by atoms with Crippen LogP contribution < -0.4 is 5.32 Å². The van der Waals surface area contributed by atoms with E-state index >= 15 is 0 Å². The van der Waals surface area contributed by atoms with E-state index in [1.165, 1.54) is 43.2 Å². The molecular weight excluding hydrogens is 244 g/mol. The van der Waals surface area contributed by atoms with Gasteiger partial charge in [0, 0.05) is 17.1 Å². The molecule has 0 radical (unpaired) electrons. The standard InChI is InChI=1S/C18H24N2/c1-19-16-8-4-2-6-14(12-16)13-17-11-10-15-7-3-5-9-18(15)20-17/h3,5,7,9-11,14,16,19H,2,4,6,8,12-13H2,1H3. The maximum absolute atomic E-state index is 4.83. The lowest BCUT2D eigenvalue weighted by Gasteiger charge is -2.19. The summed E-state index contributed by atoms with van der Waals surface area (Å²) in [5, 5.41) is 4.71. The summed E-state index contributed by atoms with van der Waals surface area (Å²) in [6.07, 6.45) is 7.85. The van der Waals surface area contributed by atoms with Crippen molar-refractivity contribution in [3.05, 3.63) is 42.1 Å². The monoisotopic (exact) mass is 268 g/mol. The molecule has 1 N–H and O–H groups in total. The van der Waals surface area contributed by atoms with Crippen molar-refractivity contribution in [1.82, 2.24) is 10.3 Å². The number of para-hydroxylation sites is 1. The summed E-state index contributed by atoms with van der Waals surface area (Å²) >= 11 is 0. The molecule has 2 nitrogen and oxygen atoms in total. The first-order chi connectivity index (χ1) is 9.85. The molecule has 1 heterocycles. The Balaban J connectivity index is 1.74. The molecule has 2 atom stereocenters. The fraction of sp³-hybridized carbons (Fsp3) is 0.500. The number of pyridine rings is 1. The molecule has 0 aliphatic heterocycles. The van der Waals surface area contributed by atoms with Crippen LogP contribution >= 0.6 is 0 Å². The summed E-state index contributed by atoms with van der Waals surface area (Å²) in [6.45, 7) is 0. The van der Waals surface area contributed by atoms with E-state index in [4.69, 9.17) is 4.98 Å². The van der Waals surface area contributed by atoms with Crippen molar-refractivity contribution in [2.75, 3.05) is 7.05 Å². The molecule has 1 aromatic carbocycles. The SMILES string of the molecule is CNC1CCCCC(Cc2ccc3ccccc3n2)C1. The molecule has 0 amide bonds. The Morgan fingerprint density at radius 3 is 2.85 bits per heavy atom. The van der Waals surface area contributed by atoms with Gasteiger partial charge in [0.25, 0.3) is 0 Å². The first-order valence-corrected chi connectivity index (χ1v) is 7.87. The number of hydrogen-bond donors (Lipinski definition) is 1. The van der Waals surface area contributed by atoms with Crippen molar-refractivity contribution in [3.8, 4) is 0 Å². The lowest BCUT2D eigenvalue weighted by atomic mass is 9.93. The number of hydrogen-bond acceptors (Lipinski definition) is 2. The van der Waals surface area contributed by atoms with E-state index in [1.54, 1.807) is 0 Å². The van der Waals surface area contributed by atoms with Gasteiger partial charge >= 0.3 is 0 Å². The van der Waals surface area contributed by atoms with Gasteiger partial charge < -0.3 is 5.32 Å². The van der Waals surface area contributed by atoms with Crippen molar-refractivity contribution < 1.29 is 0 Å². The van der Waals surface area contributed by atoms with E-state index in [2.05, 4.69) is 48.8 Å². The minimum atomic E-state index is 0.697. The number of aromatic nitrogens is 1. The van der Waals surface area contributed by atoms with Gasteiger partial charge in [-0.05, 0) is 44.4 Å². The lowest BCUT2D eigenvalue weighted by molar-refractivity contribution is 0.398. The summed E-state index contributed by atoms with van der Waals surface area (Å²) in [4.78, 5) is 4.83. The molecule has 1 saturated carbocycles. The molecule has 20 heavy (non-hydrogen) atoms. The van der Waals surface area contributed by atoms with Crippen LogP contribution in [-0.4, -0.2) is 18.1 Å². The molecule has 1 fully saturated rings. The zero-order chi connectivity index (χ0) is 13.8. The summed E-state index contributed by atoms with van der Waals surface area (Å²) in [7, 11) is 2.10. The number of benzene rings is 1. The van der Waals surface area contributed by atoms with Gasteiger partial charge in [-0.1, -0.05) is 43.5 Å². The fourth-order valence-corrected chi connectivity index (χ4v) is 3.43. The van der Waals surface area contributed by atoms with Crippen molar-refractivity contribution >= 4 is 10.9 Å². The molecule has 0 bridgehead atoms. The highest BCUT2D eigenvalue weighted by Crippen LogP contribution is 2.26. The number of rotatable bonds is 3. The van der Waals surface area contributed by atoms with E-state index in [1.807, 2.05) is 0 Å². The fourth-order valence-electron chi connectivity index (χ4n) is 3.43. The molecule has 106 valence electrons. The van der Waals surface area contributed by atoms with Crippen LogP contribution in [0.3, 0.4) is 0 Å². The molecule has 0 spiro atoms. The second kappa shape index (κ2) is 6.36. The topological polar surface area (TPSA) is 24.9 Å². The quantitative estimate of drug-likeness (QED) is 0.853. The van der Waals surface area contributed by atoms with Crippen LogP contribution in [0.25, 0.3) is 10.9 Å². The average Bonchev–Trinajstić information content (AvgIpc) is 2.72. The maximum Gasteiger partial charge on any atom is 0.0705 e. The van der Waals surface area contributed by atoms with Gasteiger partial charge in [-0.3, -0.25) is 4.98 Å². The van der Waals surface area contributed by atoms with Crippen LogP contribution in [0.4, 0.5) is 0 Å². The van der Waals surface area contributed by atoms with Gasteiger partial charge in [-0.25, -0.2) is 0 Å². The third kappa shape index (κ3) is 3.18. The van der Waals surface area contributed by atoms with E-state index in [-0.39, 0.29) is 0 Å². The normalized spacial score (nSPS) is 23.6. The predicted octanol–water partition coefficient (Wildman–Crippen LogP) is 3.95. The van der Waals surface area contributed by atoms with Gasteiger partial charge in [0.15, 0.2) is 0 Å². The minimum absolute atomic E-state index is 0.697. The van der Waals surface area contributed by atoms with Crippen LogP contribution in [0.1, 0.15) is 37.8 Å². The second-order valence-corrected chi connectivity index (χ2v) is 6.07. The van der Waals surface area contributed by atoms with Crippen LogP contribution in [0.2, 0.25) is 0 Å². The van der Waals surface area contributed by atoms with E-state index in [9.17, 15) is 0 Å². The van der Waals surface area contributed by atoms with Crippen LogP contribution in [0.15, 0.2) is 36.4 Å². The Morgan fingerprint density at radius 1 is 1.10 bits per heavy atom. The Kier molecular flexibility index (Phi) is 4.31. The van der Waals surface area contributed by atoms with Gasteiger partial charge in [0.1, 0.15) is 0 Å². The average molecular weight is 268 g/mol. The lowest BCUT2D eigenvalue weighted by Crippen LogP contribution is -2.26. The Bertz CT molecular complexity index is 564. The minimum Gasteiger partial charge on any atom is -0.317 e. The number of fused-ring (bicyclic) bond motifs is 1. The molecule has 3 rings (SSSR count). The first kappa shape index (κ1) is 13.6. The van der Waals surface area contributed by atoms with Crippen molar-refractivity contribution in [3.63, 3.8) is 0 Å². The molecule has 0 saturated heterocycles. The molecule has 1 aliphatic carbocycles. The summed E-state index contributed by atoms with van der Waals surface area (Å²) < 4.78 is 0. The molecule has 1 aromatic heterocycles. The van der Waals surface area contributed by atoms with Crippen LogP contribution in [-0.2, 0) is 6.42 Å². The van der Waals surface area contributed by atoms with E-state index in [0.29, 0.717) is 6.04 Å². The van der Waals surface area contributed by atoms with Crippen LogP contribution in [0.5, 0.6) is 0 Å². The third-order valence-corrected chi connectivity index (χ3v) is 4.59. The maximum atomic E-state index is 4.83. The third-order valence-electron chi connectivity index (χ3n) is 4.59. The molecular formula is C18H24N2. The van der Waals surface area contributed by atoms with Crippen molar-refractivity contribution in [2.45, 2.75) is 44.6 Å². The van der Waals surface area contributed by atoms with Crippen molar-refractivity contribution in [2.24, 2.45) is 5.92 Å². The van der Waals surface area contributed by atoms with Crippen molar-refractivity contribution in [1.29, 1.82) is 0 Å². The highest BCUT2D eigenvalue weighted by atomic mass is 14.9. The number of nitrogens with one attached hydrogen (secondary N) is 1.